The zero-order chi connectivity index (χ0) is 14.8. The first-order valence-electron chi connectivity index (χ1n) is 6.45. The summed E-state index contributed by atoms with van der Waals surface area (Å²) in [6.45, 7) is 3.88. The van der Waals surface area contributed by atoms with Gasteiger partial charge in [-0.15, -0.1) is 16.4 Å². The van der Waals surface area contributed by atoms with Gasteiger partial charge in [-0.05, 0) is 32.0 Å². The minimum absolute atomic E-state index is 0.130. The number of aromatic amines is 1. The molecule has 21 heavy (non-hydrogen) atoms. The van der Waals surface area contributed by atoms with E-state index in [-0.39, 0.29) is 17.8 Å². The van der Waals surface area contributed by atoms with Gasteiger partial charge in [-0.3, -0.25) is 15.2 Å². The standard InChI is InChI=1S/C14H14N4O2S/c1-8-3-4-11(21-8)9(2)13(19)16-14-15-12(17-18-14)10-5-6-20-7-10/h3-7,9H,1-2H3,(H2,15,16,17,18,19)/t9-/m1/s1. The van der Waals surface area contributed by atoms with Gasteiger partial charge in [0.25, 0.3) is 0 Å². The first kappa shape index (κ1) is 13.6. The number of H-pyrrole nitrogens is 1. The number of nitrogens with zero attached hydrogens (tertiary/aromatic N) is 2. The van der Waals surface area contributed by atoms with Crippen LogP contribution in [-0.4, -0.2) is 21.1 Å². The number of thiophene rings is 1. The summed E-state index contributed by atoms with van der Waals surface area (Å²) in [5.41, 5.74) is 0.782. The summed E-state index contributed by atoms with van der Waals surface area (Å²) in [6, 6.07) is 5.75. The Hall–Kier alpha value is -2.41. The summed E-state index contributed by atoms with van der Waals surface area (Å²) < 4.78 is 4.98. The van der Waals surface area contributed by atoms with Gasteiger partial charge in [0, 0.05) is 9.75 Å². The highest BCUT2D eigenvalue weighted by atomic mass is 32.1. The molecule has 0 aliphatic heterocycles. The van der Waals surface area contributed by atoms with Crippen molar-refractivity contribution in [3.63, 3.8) is 0 Å². The molecule has 2 N–H and O–H groups in total. The van der Waals surface area contributed by atoms with Gasteiger partial charge in [0.2, 0.25) is 11.9 Å². The molecule has 0 bridgehead atoms. The molecule has 3 aromatic heterocycles. The van der Waals surface area contributed by atoms with Crippen molar-refractivity contribution in [2.75, 3.05) is 5.32 Å². The zero-order valence-electron chi connectivity index (χ0n) is 11.6. The lowest BCUT2D eigenvalue weighted by Crippen LogP contribution is -2.18. The van der Waals surface area contributed by atoms with E-state index in [9.17, 15) is 4.79 Å². The third-order valence-electron chi connectivity index (χ3n) is 3.10. The second-order valence-electron chi connectivity index (χ2n) is 4.68. The van der Waals surface area contributed by atoms with Crippen molar-refractivity contribution in [3.8, 4) is 11.4 Å². The molecule has 0 aromatic carbocycles. The van der Waals surface area contributed by atoms with E-state index in [0.717, 1.165) is 10.4 Å². The van der Waals surface area contributed by atoms with Crippen LogP contribution in [0.25, 0.3) is 11.4 Å². The fourth-order valence-corrected chi connectivity index (χ4v) is 2.81. The van der Waals surface area contributed by atoms with Gasteiger partial charge < -0.3 is 4.42 Å². The molecule has 0 aliphatic carbocycles. The average molecular weight is 302 g/mol. The Bertz CT molecular complexity index is 745. The van der Waals surface area contributed by atoms with Crippen LogP contribution < -0.4 is 5.32 Å². The molecule has 3 rings (SSSR count). The second kappa shape index (κ2) is 5.53. The second-order valence-corrected chi connectivity index (χ2v) is 6.00. The molecule has 0 unspecified atom stereocenters. The molecule has 0 saturated heterocycles. The number of anilines is 1. The maximum Gasteiger partial charge on any atom is 0.249 e. The molecule has 7 heteroatoms. The number of furan rings is 1. The number of hydrogen-bond donors (Lipinski definition) is 2. The molecular weight excluding hydrogens is 288 g/mol. The van der Waals surface area contributed by atoms with Crippen LogP contribution in [0.1, 0.15) is 22.6 Å². The Kier molecular flexibility index (Phi) is 3.57. The maximum atomic E-state index is 12.2. The van der Waals surface area contributed by atoms with Crippen LogP contribution in [0, 0.1) is 6.92 Å². The summed E-state index contributed by atoms with van der Waals surface area (Å²) in [6.07, 6.45) is 3.11. The zero-order valence-corrected chi connectivity index (χ0v) is 12.4. The minimum Gasteiger partial charge on any atom is -0.472 e. The fraction of sp³-hybridized carbons (Fsp3) is 0.214. The first-order chi connectivity index (χ1) is 10.1. The SMILES string of the molecule is Cc1ccc([C@@H](C)C(=O)Nc2n[nH]c(-c3ccoc3)n2)s1. The molecule has 0 saturated carbocycles. The number of nitrogens with one attached hydrogen (secondary N) is 2. The van der Waals surface area contributed by atoms with E-state index in [0.29, 0.717) is 5.82 Å². The van der Waals surface area contributed by atoms with Crippen molar-refractivity contribution in [1.29, 1.82) is 0 Å². The Balaban J connectivity index is 1.70. The van der Waals surface area contributed by atoms with Crippen LogP contribution in [-0.2, 0) is 4.79 Å². The Labute approximate surface area is 125 Å². The van der Waals surface area contributed by atoms with Crippen molar-refractivity contribution in [3.05, 3.63) is 40.5 Å². The topological polar surface area (TPSA) is 83.8 Å². The normalized spacial score (nSPS) is 12.3. The molecular formula is C14H14N4O2S. The number of carbonyl (C=O) groups is 1. The van der Waals surface area contributed by atoms with Gasteiger partial charge >= 0.3 is 0 Å². The van der Waals surface area contributed by atoms with E-state index in [4.69, 9.17) is 4.42 Å². The highest BCUT2D eigenvalue weighted by molar-refractivity contribution is 7.12. The lowest BCUT2D eigenvalue weighted by molar-refractivity contribution is -0.117. The predicted molar refractivity (Wildman–Crippen MR) is 80.2 cm³/mol. The Morgan fingerprint density at radius 3 is 2.95 bits per heavy atom. The van der Waals surface area contributed by atoms with Crippen LogP contribution in [0.3, 0.4) is 0 Å². The van der Waals surface area contributed by atoms with Crippen molar-refractivity contribution in [1.82, 2.24) is 15.2 Å². The molecule has 0 aliphatic rings. The van der Waals surface area contributed by atoms with E-state index in [1.807, 2.05) is 26.0 Å². The van der Waals surface area contributed by atoms with E-state index in [1.165, 1.54) is 4.88 Å². The van der Waals surface area contributed by atoms with E-state index < -0.39 is 0 Å². The molecule has 1 amide bonds. The van der Waals surface area contributed by atoms with E-state index in [2.05, 4.69) is 20.5 Å². The smallest absolute Gasteiger partial charge is 0.249 e. The summed E-state index contributed by atoms with van der Waals surface area (Å²) in [5, 5.41) is 9.47. The molecule has 3 aromatic rings. The number of amides is 1. The highest BCUT2D eigenvalue weighted by Crippen LogP contribution is 2.25. The maximum absolute atomic E-state index is 12.2. The van der Waals surface area contributed by atoms with Crippen molar-refractivity contribution in [2.45, 2.75) is 19.8 Å². The summed E-state index contributed by atoms with van der Waals surface area (Å²) in [7, 11) is 0. The Morgan fingerprint density at radius 1 is 1.43 bits per heavy atom. The van der Waals surface area contributed by atoms with Crippen LogP contribution in [0.4, 0.5) is 5.95 Å². The molecule has 6 nitrogen and oxygen atoms in total. The van der Waals surface area contributed by atoms with Crippen molar-refractivity contribution < 1.29 is 9.21 Å². The first-order valence-corrected chi connectivity index (χ1v) is 7.27. The van der Waals surface area contributed by atoms with Gasteiger partial charge in [-0.2, -0.15) is 4.98 Å². The quantitative estimate of drug-likeness (QED) is 0.775. The van der Waals surface area contributed by atoms with Crippen molar-refractivity contribution in [2.24, 2.45) is 0 Å². The molecule has 0 fully saturated rings. The third kappa shape index (κ3) is 2.87. The summed E-state index contributed by atoms with van der Waals surface area (Å²) in [4.78, 5) is 18.6. The molecule has 1 atom stereocenters. The van der Waals surface area contributed by atoms with Crippen LogP contribution in [0.2, 0.25) is 0 Å². The van der Waals surface area contributed by atoms with Crippen LogP contribution in [0.15, 0.2) is 35.1 Å². The van der Waals surface area contributed by atoms with Crippen LogP contribution in [0.5, 0.6) is 0 Å². The number of rotatable bonds is 4. The fourth-order valence-electron chi connectivity index (χ4n) is 1.88. The van der Waals surface area contributed by atoms with E-state index >= 15 is 0 Å². The summed E-state index contributed by atoms with van der Waals surface area (Å²) >= 11 is 1.62. The molecule has 0 spiro atoms. The van der Waals surface area contributed by atoms with Crippen molar-refractivity contribution >= 4 is 23.2 Å². The molecule has 108 valence electrons. The van der Waals surface area contributed by atoms with Gasteiger partial charge in [0.1, 0.15) is 6.26 Å². The lowest BCUT2D eigenvalue weighted by Gasteiger charge is -2.07. The van der Waals surface area contributed by atoms with Gasteiger partial charge in [0.15, 0.2) is 5.82 Å². The number of carbonyl (C=O) groups excluding carboxylic acids is 1. The number of hydrogen-bond acceptors (Lipinski definition) is 5. The van der Waals surface area contributed by atoms with Gasteiger partial charge in [-0.25, -0.2) is 0 Å². The predicted octanol–water partition coefficient (Wildman–Crippen LogP) is 3.18. The molecule has 3 heterocycles. The largest absolute Gasteiger partial charge is 0.472 e. The minimum atomic E-state index is -0.237. The third-order valence-corrected chi connectivity index (χ3v) is 4.28. The lowest BCUT2D eigenvalue weighted by atomic mass is 10.1. The van der Waals surface area contributed by atoms with E-state index in [1.54, 1.807) is 29.9 Å². The van der Waals surface area contributed by atoms with Gasteiger partial charge in [0.05, 0.1) is 17.7 Å². The monoisotopic (exact) mass is 302 g/mol. The summed E-state index contributed by atoms with van der Waals surface area (Å²) in [5.74, 6) is 0.448. The number of aromatic nitrogens is 3. The van der Waals surface area contributed by atoms with Gasteiger partial charge in [-0.1, -0.05) is 0 Å². The number of aryl methyl sites for hydroxylation is 1. The Morgan fingerprint density at radius 2 is 2.29 bits per heavy atom. The van der Waals surface area contributed by atoms with Crippen LogP contribution >= 0.6 is 11.3 Å². The highest BCUT2D eigenvalue weighted by Gasteiger charge is 2.18. The molecule has 0 radical (unpaired) electrons. The average Bonchev–Trinajstić information content (AvgIpc) is 3.17.